The lowest BCUT2D eigenvalue weighted by Gasteiger charge is -2.33. The van der Waals surface area contributed by atoms with Crippen LogP contribution in [0.15, 0.2) is 60.7 Å². The molecule has 0 aromatic heterocycles. The molecule has 6 heteroatoms. The number of amides is 3. The van der Waals surface area contributed by atoms with Gasteiger partial charge in [0.15, 0.2) is 0 Å². The Balaban J connectivity index is 1.36. The van der Waals surface area contributed by atoms with Gasteiger partial charge in [-0.25, -0.2) is 0 Å². The molecule has 0 aliphatic carbocycles. The Labute approximate surface area is 171 Å². The Morgan fingerprint density at radius 3 is 2.10 bits per heavy atom. The third-order valence-corrected chi connectivity index (χ3v) is 5.03. The first-order valence-corrected chi connectivity index (χ1v) is 10.1. The van der Waals surface area contributed by atoms with Crippen LogP contribution in [0.2, 0.25) is 0 Å². The molecule has 2 aromatic rings. The van der Waals surface area contributed by atoms with Crippen molar-refractivity contribution in [2.75, 3.05) is 26.2 Å². The topological polar surface area (TPSA) is 69.7 Å². The van der Waals surface area contributed by atoms with Gasteiger partial charge in [0.2, 0.25) is 5.91 Å². The van der Waals surface area contributed by atoms with Crippen molar-refractivity contribution in [3.05, 3.63) is 71.8 Å². The van der Waals surface area contributed by atoms with Gasteiger partial charge in [0.1, 0.15) is 0 Å². The highest BCUT2D eigenvalue weighted by molar-refractivity contribution is 6.35. The van der Waals surface area contributed by atoms with Crippen LogP contribution in [0.3, 0.4) is 0 Å². The molecule has 152 valence electrons. The molecule has 2 aromatic carbocycles. The molecule has 1 saturated heterocycles. The van der Waals surface area contributed by atoms with E-state index >= 15 is 0 Å². The number of hydrogen-bond acceptors (Lipinski definition) is 3. The van der Waals surface area contributed by atoms with Crippen molar-refractivity contribution >= 4 is 17.7 Å². The van der Waals surface area contributed by atoms with E-state index in [2.05, 4.69) is 17.4 Å². The molecule has 1 heterocycles. The maximum absolute atomic E-state index is 12.4. The molecule has 29 heavy (non-hydrogen) atoms. The zero-order valence-corrected chi connectivity index (χ0v) is 16.5. The fourth-order valence-electron chi connectivity index (χ4n) is 3.37. The minimum Gasteiger partial charge on any atom is -0.356 e. The van der Waals surface area contributed by atoms with Gasteiger partial charge in [-0.3, -0.25) is 14.4 Å². The van der Waals surface area contributed by atoms with Crippen LogP contribution in [0.25, 0.3) is 0 Å². The van der Waals surface area contributed by atoms with E-state index in [-0.39, 0.29) is 18.9 Å². The van der Waals surface area contributed by atoms with Crippen molar-refractivity contribution in [3.63, 3.8) is 0 Å². The Morgan fingerprint density at radius 2 is 1.41 bits per heavy atom. The molecule has 0 unspecified atom stereocenters. The quantitative estimate of drug-likeness (QED) is 0.523. The first-order chi connectivity index (χ1) is 14.1. The minimum absolute atomic E-state index is 0.0926. The van der Waals surface area contributed by atoms with Crippen LogP contribution in [0.4, 0.5) is 0 Å². The molecule has 6 nitrogen and oxygen atoms in total. The van der Waals surface area contributed by atoms with E-state index < -0.39 is 11.8 Å². The average molecular weight is 393 g/mol. The summed E-state index contributed by atoms with van der Waals surface area (Å²) in [6.45, 7) is 2.25. The summed E-state index contributed by atoms with van der Waals surface area (Å²) in [7, 11) is 0. The highest BCUT2D eigenvalue weighted by atomic mass is 16.2. The second-order valence-electron chi connectivity index (χ2n) is 7.19. The first-order valence-electron chi connectivity index (χ1n) is 10.1. The summed E-state index contributed by atoms with van der Waals surface area (Å²) in [5.74, 6) is -1.11. The van der Waals surface area contributed by atoms with E-state index in [0.717, 1.165) is 18.4 Å². The predicted octanol–water partition coefficient (Wildman–Crippen LogP) is 2.00. The maximum atomic E-state index is 12.4. The molecule has 0 saturated carbocycles. The second kappa shape index (κ2) is 10.4. The third-order valence-electron chi connectivity index (χ3n) is 5.03. The molecular formula is C23H27N3O3. The second-order valence-corrected chi connectivity index (χ2v) is 7.19. The highest BCUT2D eigenvalue weighted by Gasteiger charge is 2.32. The molecule has 0 radical (unpaired) electrons. The van der Waals surface area contributed by atoms with E-state index in [1.54, 1.807) is 4.90 Å². The van der Waals surface area contributed by atoms with Crippen LogP contribution in [0, 0.1) is 0 Å². The number of carbonyl (C=O) groups is 3. The van der Waals surface area contributed by atoms with Crippen LogP contribution in [0.5, 0.6) is 0 Å². The Hall–Kier alpha value is -3.15. The molecule has 3 amide bonds. The van der Waals surface area contributed by atoms with Crippen LogP contribution in [-0.4, -0.2) is 53.7 Å². The van der Waals surface area contributed by atoms with Crippen LogP contribution in [-0.2, 0) is 27.3 Å². The Bertz CT molecular complexity index is 824. The Kier molecular flexibility index (Phi) is 7.39. The van der Waals surface area contributed by atoms with Gasteiger partial charge in [0.05, 0.1) is 0 Å². The van der Waals surface area contributed by atoms with Gasteiger partial charge >= 0.3 is 11.8 Å². The first kappa shape index (κ1) is 20.6. The molecule has 1 N–H and O–H groups in total. The van der Waals surface area contributed by atoms with Gasteiger partial charge in [-0.05, 0) is 24.0 Å². The van der Waals surface area contributed by atoms with Crippen molar-refractivity contribution in [3.8, 4) is 0 Å². The molecular weight excluding hydrogens is 366 g/mol. The summed E-state index contributed by atoms with van der Waals surface area (Å²) in [5, 5.41) is 2.89. The normalized spacial score (nSPS) is 14.2. The molecule has 0 spiro atoms. The fourth-order valence-corrected chi connectivity index (χ4v) is 3.37. The van der Waals surface area contributed by atoms with Gasteiger partial charge in [0, 0.05) is 39.1 Å². The summed E-state index contributed by atoms with van der Waals surface area (Å²) in [4.78, 5) is 39.8. The summed E-state index contributed by atoms with van der Waals surface area (Å²) in [6, 6.07) is 19.8. The van der Waals surface area contributed by atoms with E-state index in [0.29, 0.717) is 26.2 Å². The molecule has 1 fully saturated rings. The van der Waals surface area contributed by atoms with E-state index in [1.807, 2.05) is 48.5 Å². The van der Waals surface area contributed by atoms with Crippen molar-refractivity contribution in [1.82, 2.24) is 15.1 Å². The fraction of sp³-hybridized carbons (Fsp3) is 0.348. The van der Waals surface area contributed by atoms with E-state index in [1.165, 1.54) is 10.5 Å². The lowest BCUT2D eigenvalue weighted by Crippen LogP contribution is -2.54. The number of aryl methyl sites for hydroxylation is 1. The van der Waals surface area contributed by atoms with E-state index in [4.69, 9.17) is 0 Å². The number of rotatable bonds is 9. The van der Waals surface area contributed by atoms with Crippen molar-refractivity contribution < 1.29 is 14.4 Å². The molecule has 1 aliphatic rings. The summed E-state index contributed by atoms with van der Waals surface area (Å²) in [5.41, 5.74) is 2.25. The smallest absolute Gasteiger partial charge is 0.312 e. The number of nitrogens with one attached hydrogen (secondary N) is 1. The summed E-state index contributed by atoms with van der Waals surface area (Å²) in [6.07, 6.45) is 1.99. The minimum atomic E-state index is -0.524. The monoisotopic (exact) mass is 393 g/mol. The predicted molar refractivity (Wildman–Crippen MR) is 111 cm³/mol. The van der Waals surface area contributed by atoms with E-state index in [9.17, 15) is 14.4 Å². The third kappa shape index (κ3) is 6.17. The van der Waals surface area contributed by atoms with Crippen LogP contribution < -0.4 is 5.32 Å². The van der Waals surface area contributed by atoms with Crippen molar-refractivity contribution in [1.29, 1.82) is 0 Å². The molecule has 0 bridgehead atoms. The zero-order valence-electron chi connectivity index (χ0n) is 16.5. The maximum Gasteiger partial charge on any atom is 0.312 e. The van der Waals surface area contributed by atoms with Gasteiger partial charge in [-0.2, -0.15) is 0 Å². The van der Waals surface area contributed by atoms with Gasteiger partial charge in [-0.15, -0.1) is 0 Å². The summed E-state index contributed by atoms with van der Waals surface area (Å²) < 4.78 is 0. The molecule has 0 atom stereocenters. The van der Waals surface area contributed by atoms with Crippen molar-refractivity contribution in [2.24, 2.45) is 0 Å². The van der Waals surface area contributed by atoms with Gasteiger partial charge < -0.3 is 15.1 Å². The SMILES string of the molecule is O=C(CCN1CCN(Cc2ccccc2)C(=O)C1=O)NCCCc1ccccc1. The lowest BCUT2D eigenvalue weighted by atomic mass is 10.1. The number of carbonyl (C=O) groups excluding carboxylic acids is 3. The largest absolute Gasteiger partial charge is 0.356 e. The van der Waals surface area contributed by atoms with Crippen molar-refractivity contribution in [2.45, 2.75) is 25.8 Å². The average Bonchev–Trinajstić information content (AvgIpc) is 2.75. The van der Waals surface area contributed by atoms with Crippen LogP contribution >= 0.6 is 0 Å². The lowest BCUT2D eigenvalue weighted by molar-refractivity contribution is -0.156. The standard InChI is InChI=1S/C23H27N3O3/c27-21(24-14-7-12-19-8-3-1-4-9-19)13-15-25-16-17-26(23(29)22(25)28)18-20-10-5-2-6-11-20/h1-6,8-11H,7,12-18H2,(H,24,27). The molecule has 1 aliphatic heterocycles. The number of piperazine rings is 1. The highest BCUT2D eigenvalue weighted by Crippen LogP contribution is 2.11. The molecule has 3 rings (SSSR count). The number of hydrogen-bond donors (Lipinski definition) is 1. The van der Waals surface area contributed by atoms with Gasteiger partial charge in [0.25, 0.3) is 0 Å². The number of nitrogens with zero attached hydrogens (tertiary/aromatic N) is 2. The number of benzene rings is 2. The van der Waals surface area contributed by atoms with Crippen LogP contribution in [0.1, 0.15) is 24.0 Å². The Morgan fingerprint density at radius 1 is 0.828 bits per heavy atom. The van der Waals surface area contributed by atoms with Gasteiger partial charge in [-0.1, -0.05) is 60.7 Å². The zero-order chi connectivity index (χ0) is 20.5. The summed E-state index contributed by atoms with van der Waals surface area (Å²) >= 11 is 0.